The summed E-state index contributed by atoms with van der Waals surface area (Å²) in [6.45, 7) is 3.02. The van der Waals surface area contributed by atoms with Crippen molar-refractivity contribution in [2.75, 3.05) is 6.54 Å². The molecule has 1 atom stereocenters. The minimum absolute atomic E-state index is 0.325. The first-order valence-corrected chi connectivity index (χ1v) is 4.30. The zero-order valence-electron chi connectivity index (χ0n) is 7.20. The number of azo groups is 1. The Balaban J connectivity index is 2.33. The van der Waals surface area contributed by atoms with E-state index >= 15 is 0 Å². The summed E-state index contributed by atoms with van der Waals surface area (Å²) < 4.78 is 0. The second-order valence-corrected chi connectivity index (χ2v) is 3.14. The third-order valence-corrected chi connectivity index (χ3v) is 2.27. The van der Waals surface area contributed by atoms with Gasteiger partial charge in [0.05, 0.1) is 12.6 Å². The summed E-state index contributed by atoms with van der Waals surface area (Å²) in [5.74, 6) is 0. The molecule has 12 heavy (non-hydrogen) atoms. The average molecular weight is 160 g/mol. The first kappa shape index (κ1) is 7.47. The molecular formula is C10H12N2. The molecule has 0 saturated heterocycles. The lowest BCUT2D eigenvalue weighted by molar-refractivity contribution is 0.736. The summed E-state index contributed by atoms with van der Waals surface area (Å²) in [7, 11) is 0. The van der Waals surface area contributed by atoms with Crippen molar-refractivity contribution in [3.63, 3.8) is 0 Å². The zero-order valence-corrected chi connectivity index (χ0v) is 7.20. The number of nitrogens with zero attached hydrogens (tertiary/aromatic N) is 2. The van der Waals surface area contributed by atoms with E-state index in [0.29, 0.717) is 6.04 Å². The Hall–Kier alpha value is -1.18. The summed E-state index contributed by atoms with van der Waals surface area (Å²) in [6.07, 6.45) is 1.07. The summed E-state index contributed by atoms with van der Waals surface area (Å²) in [5.41, 5.74) is 2.65. The molecule has 2 nitrogen and oxygen atoms in total. The molecule has 0 bridgehead atoms. The van der Waals surface area contributed by atoms with Crippen molar-refractivity contribution in [1.82, 2.24) is 0 Å². The van der Waals surface area contributed by atoms with Crippen LogP contribution in [0, 0.1) is 6.92 Å². The molecule has 0 radical (unpaired) electrons. The minimum atomic E-state index is 0.325. The highest BCUT2D eigenvalue weighted by molar-refractivity contribution is 5.29. The van der Waals surface area contributed by atoms with Gasteiger partial charge in [0.15, 0.2) is 0 Å². The summed E-state index contributed by atoms with van der Waals surface area (Å²) in [6, 6.07) is 8.72. The smallest absolute Gasteiger partial charge is 0.0978 e. The highest BCUT2D eigenvalue weighted by atomic mass is 15.2. The van der Waals surface area contributed by atoms with E-state index in [9.17, 15) is 0 Å². The van der Waals surface area contributed by atoms with Crippen LogP contribution in [0.3, 0.4) is 0 Å². The lowest BCUT2D eigenvalue weighted by atomic mass is 10.0. The van der Waals surface area contributed by atoms with E-state index < -0.39 is 0 Å². The van der Waals surface area contributed by atoms with Gasteiger partial charge in [-0.3, -0.25) is 0 Å². The number of hydrogen-bond acceptors (Lipinski definition) is 2. The largest absolute Gasteiger partial charge is 0.193 e. The van der Waals surface area contributed by atoms with Crippen LogP contribution in [0.25, 0.3) is 0 Å². The maximum absolute atomic E-state index is 4.19. The number of aryl methyl sites for hydroxylation is 1. The van der Waals surface area contributed by atoms with Gasteiger partial charge in [0.25, 0.3) is 0 Å². The highest BCUT2D eigenvalue weighted by Crippen LogP contribution is 2.27. The van der Waals surface area contributed by atoms with Gasteiger partial charge in [-0.25, -0.2) is 0 Å². The average Bonchev–Trinajstić information content (AvgIpc) is 2.57. The Kier molecular flexibility index (Phi) is 1.90. The van der Waals surface area contributed by atoms with E-state index in [-0.39, 0.29) is 0 Å². The van der Waals surface area contributed by atoms with Crippen molar-refractivity contribution < 1.29 is 0 Å². The Morgan fingerprint density at radius 1 is 1.33 bits per heavy atom. The standard InChI is InChI=1S/C10H12N2/c1-8-4-2-3-5-9(8)10-6-7-11-12-10/h2-5,10H,6-7H2,1H3. The maximum atomic E-state index is 4.19. The predicted molar refractivity (Wildman–Crippen MR) is 48.3 cm³/mol. The molecule has 0 spiro atoms. The van der Waals surface area contributed by atoms with Gasteiger partial charge in [0.1, 0.15) is 0 Å². The van der Waals surface area contributed by atoms with Gasteiger partial charge in [-0.15, -0.1) is 0 Å². The molecule has 0 aromatic heterocycles. The van der Waals surface area contributed by atoms with Crippen LogP contribution in [0.15, 0.2) is 34.5 Å². The molecule has 1 heterocycles. The molecule has 2 heteroatoms. The Morgan fingerprint density at radius 2 is 2.17 bits per heavy atom. The van der Waals surface area contributed by atoms with E-state index in [0.717, 1.165) is 13.0 Å². The van der Waals surface area contributed by atoms with Gasteiger partial charge in [-0.2, -0.15) is 10.2 Å². The summed E-state index contributed by atoms with van der Waals surface area (Å²) in [4.78, 5) is 0. The first-order valence-electron chi connectivity index (χ1n) is 4.30. The quantitative estimate of drug-likeness (QED) is 0.603. The van der Waals surface area contributed by atoms with Crippen molar-refractivity contribution in [2.24, 2.45) is 10.2 Å². The molecular weight excluding hydrogens is 148 g/mol. The van der Waals surface area contributed by atoms with Gasteiger partial charge < -0.3 is 0 Å². The topological polar surface area (TPSA) is 24.7 Å². The van der Waals surface area contributed by atoms with Gasteiger partial charge >= 0.3 is 0 Å². The SMILES string of the molecule is Cc1ccccc1C1CCN=N1. The Bertz CT molecular complexity index is 304. The van der Waals surface area contributed by atoms with Crippen molar-refractivity contribution in [3.05, 3.63) is 35.4 Å². The highest BCUT2D eigenvalue weighted by Gasteiger charge is 2.15. The molecule has 0 amide bonds. The van der Waals surface area contributed by atoms with E-state index in [2.05, 4.69) is 41.4 Å². The lowest BCUT2D eigenvalue weighted by Gasteiger charge is -2.07. The fourth-order valence-corrected chi connectivity index (χ4v) is 1.57. The molecule has 62 valence electrons. The fourth-order valence-electron chi connectivity index (χ4n) is 1.57. The Labute approximate surface area is 72.3 Å². The van der Waals surface area contributed by atoms with Gasteiger partial charge in [0, 0.05) is 0 Å². The van der Waals surface area contributed by atoms with Crippen LogP contribution in [0.4, 0.5) is 0 Å². The zero-order chi connectivity index (χ0) is 8.39. The van der Waals surface area contributed by atoms with Crippen LogP contribution in [-0.4, -0.2) is 6.54 Å². The van der Waals surface area contributed by atoms with Crippen LogP contribution in [0.1, 0.15) is 23.6 Å². The van der Waals surface area contributed by atoms with E-state index in [1.165, 1.54) is 11.1 Å². The van der Waals surface area contributed by atoms with Gasteiger partial charge in [-0.05, 0) is 24.5 Å². The van der Waals surface area contributed by atoms with Crippen molar-refractivity contribution in [2.45, 2.75) is 19.4 Å². The van der Waals surface area contributed by atoms with Crippen molar-refractivity contribution in [1.29, 1.82) is 0 Å². The number of benzene rings is 1. The Morgan fingerprint density at radius 3 is 2.83 bits per heavy atom. The molecule has 1 unspecified atom stereocenters. The molecule has 0 N–H and O–H groups in total. The van der Waals surface area contributed by atoms with Crippen LogP contribution in [-0.2, 0) is 0 Å². The van der Waals surface area contributed by atoms with Gasteiger partial charge in [0.2, 0.25) is 0 Å². The van der Waals surface area contributed by atoms with Crippen molar-refractivity contribution in [3.8, 4) is 0 Å². The molecule has 0 saturated carbocycles. The fraction of sp³-hybridized carbons (Fsp3) is 0.400. The van der Waals surface area contributed by atoms with Gasteiger partial charge in [-0.1, -0.05) is 24.3 Å². The van der Waals surface area contributed by atoms with Crippen LogP contribution in [0.2, 0.25) is 0 Å². The summed E-state index contributed by atoms with van der Waals surface area (Å²) >= 11 is 0. The van der Waals surface area contributed by atoms with Crippen LogP contribution >= 0.6 is 0 Å². The third kappa shape index (κ3) is 1.24. The first-order chi connectivity index (χ1) is 5.88. The summed E-state index contributed by atoms with van der Waals surface area (Å²) in [5, 5.41) is 8.20. The van der Waals surface area contributed by atoms with Crippen molar-refractivity contribution >= 4 is 0 Å². The number of rotatable bonds is 1. The number of hydrogen-bond donors (Lipinski definition) is 0. The van der Waals surface area contributed by atoms with E-state index in [1.807, 2.05) is 0 Å². The third-order valence-electron chi connectivity index (χ3n) is 2.27. The second kappa shape index (κ2) is 3.05. The lowest BCUT2D eigenvalue weighted by Crippen LogP contribution is -1.94. The molecule has 0 fully saturated rings. The monoisotopic (exact) mass is 160 g/mol. The minimum Gasteiger partial charge on any atom is -0.193 e. The molecule has 1 aromatic rings. The molecule has 1 aliphatic rings. The van der Waals surface area contributed by atoms with E-state index in [1.54, 1.807) is 0 Å². The molecule has 1 aliphatic heterocycles. The molecule has 2 rings (SSSR count). The maximum Gasteiger partial charge on any atom is 0.0978 e. The van der Waals surface area contributed by atoms with Crippen LogP contribution in [0.5, 0.6) is 0 Å². The normalized spacial score (nSPS) is 21.6. The second-order valence-electron chi connectivity index (χ2n) is 3.14. The van der Waals surface area contributed by atoms with E-state index in [4.69, 9.17) is 0 Å². The molecule has 1 aromatic carbocycles. The van der Waals surface area contributed by atoms with Crippen LogP contribution < -0.4 is 0 Å². The molecule has 0 aliphatic carbocycles. The predicted octanol–water partition coefficient (Wildman–Crippen LogP) is 2.89.